The molecule has 2 aliphatic rings. The lowest BCUT2D eigenvalue weighted by atomic mass is 9.74. The number of carbonyl (C=O) groups excluding carboxylic acids is 1. The fourth-order valence-electron chi connectivity index (χ4n) is 3.42. The maximum atomic E-state index is 12.7. The summed E-state index contributed by atoms with van der Waals surface area (Å²) in [7, 11) is 0. The van der Waals surface area contributed by atoms with Gasteiger partial charge in [0.2, 0.25) is 5.91 Å². The minimum atomic E-state index is -0.0717. The van der Waals surface area contributed by atoms with Crippen LogP contribution in [0.2, 0.25) is 0 Å². The van der Waals surface area contributed by atoms with Crippen molar-refractivity contribution >= 4 is 5.91 Å². The second-order valence-electron chi connectivity index (χ2n) is 6.40. The molecule has 2 rings (SSSR count). The third-order valence-electron chi connectivity index (χ3n) is 4.81. The van der Waals surface area contributed by atoms with Crippen LogP contribution in [0.15, 0.2) is 0 Å². The van der Waals surface area contributed by atoms with Gasteiger partial charge in [-0.05, 0) is 32.4 Å². The first-order chi connectivity index (χ1) is 9.15. The third kappa shape index (κ3) is 3.69. The maximum absolute atomic E-state index is 12.7. The highest BCUT2D eigenvalue weighted by Crippen LogP contribution is 2.37. The Morgan fingerprint density at radius 1 is 1.11 bits per heavy atom. The molecule has 0 bridgehead atoms. The topological polar surface area (TPSA) is 49.6 Å². The SMILES string of the molecule is CC1(C(=O)N2CCN(CCCN)CC2)CCCCC1. The van der Waals surface area contributed by atoms with Crippen molar-refractivity contribution in [3.05, 3.63) is 0 Å². The molecule has 1 saturated carbocycles. The van der Waals surface area contributed by atoms with Gasteiger partial charge in [0.25, 0.3) is 0 Å². The summed E-state index contributed by atoms with van der Waals surface area (Å²) >= 11 is 0. The predicted molar refractivity (Wildman–Crippen MR) is 77.9 cm³/mol. The molecule has 0 spiro atoms. The molecule has 19 heavy (non-hydrogen) atoms. The molecule has 4 nitrogen and oxygen atoms in total. The largest absolute Gasteiger partial charge is 0.340 e. The van der Waals surface area contributed by atoms with Crippen LogP contribution in [-0.2, 0) is 4.79 Å². The lowest BCUT2D eigenvalue weighted by molar-refractivity contribution is -0.144. The Labute approximate surface area is 117 Å². The number of amides is 1. The third-order valence-corrected chi connectivity index (χ3v) is 4.81. The van der Waals surface area contributed by atoms with Gasteiger partial charge in [-0.15, -0.1) is 0 Å². The summed E-state index contributed by atoms with van der Waals surface area (Å²) in [5.41, 5.74) is 5.47. The smallest absolute Gasteiger partial charge is 0.228 e. The fourth-order valence-corrected chi connectivity index (χ4v) is 3.42. The molecule has 1 aliphatic carbocycles. The van der Waals surface area contributed by atoms with Crippen molar-refractivity contribution in [3.8, 4) is 0 Å². The lowest BCUT2D eigenvalue weighted by Crippen LogP contribution is -2.53. The van der Waals surface area contributed by atoms with E-state index < -0.39 is 0 Å². The summed E-state index contributed by atoms with van der Waals surface area (Å²) in [6.45, 7) is 7.85. The van der Waals surface area contributed by atoms with Crippen molar-refractivity contribution < 1.29 is 4.79 Å². The van der Waals surface area contributed by atoms with Crippen molar-refractivity contribution in [1.82, 2.24) is 9.80 Å². The minimum absolute atomic E-state index is 0.0717. The fraction of sp³-hybridized carbons (Fsp3) is 0.933. The van der Waals surface area contributed by atoms with E-state index in [9.17, 15) is 4.79 Å². The number of piperazine rings is 1. The highest BCUT2D eigenvalue weighted by molar-refractivity contribution is 5.82. The first-order valence-electron chi connectivity index (χ1n) is 7.87. The summed E-state index contributed by atoms with van der Waals surface area (Å²) in [5, 5.41) is 0. The number of hydrogen-bond donors (Lipinski definition) is 1. The first kappa shape index (κ1) is 14.8. The Hall–Kier alpha value is -0.610. The van der Waals surface area contributed by atoms with E-state index in [1.807, 2.05) is 0 Å². The van der Waals surface area contributed by atoms with E-state index in [0.29, 0.717) is 5.91 Å². The van der Waals surface area contributed by atoms with Crippen LogP contribution in [0.5, 0.6) is 0 Å². The molecule has 1 aliphatic heterocycles. The summed E-state index contributed by atoms with van der Waals surface area (Å²) in [6.07, 6.45) is 6.97. The van der Waals surface area contributed by atoms with Crippen LogP contribution in [0.1, 0.15) is 45.4 Å². The number of nitrogens with two attached hydrogens (primary N) is 1. The molecule has 1 saturated heterocycles. The standard InChI is InChI=1S/C15H29N3O/c1-15(6-3-2-4-7-15)14(19)18-12-10-17(11-13-18)9-5-8-16/h2-13,16H2,1H3. The molecular formula is C15H29N3O. The van der Waals surface area contributed by atoms with Gasteiger partial charge in [0.1, 0.15) is 0 Å². The summed E-state index contributed by atoms with van der Waals surface area (Å²) < 4.78 is 0. The molecule has 0 aromatic carbocycles. The molecule has 110 valence electrons. The van der Waals surface area contributed by atoms with Gasteiger partial charge in [-0.2, -0.15) is 0 Å². The van der Waals surface area contributed by atoms with Crippen LogP contribution in [0.25, 0.3) is 0 Å². The molecule has 1 amide bonds. The van der Waals surface area contributed by atoms with Crippen LogP contribution in [0.3, 0.4) is 0 Å². The average molecular weight is 267 g/mol. The zero-order chi connectivity index (χ0) is 13.7. The van der Waals surface area contributed by atoms with Gasteiger partial charge >= 0.3 is 0 Å². The molecular weight excluding hydrogens is 238 g/mol. The Morgan fingerprint density at radius 2 is 1.74 bits per heavy atom. The van der Waals surface area contributed by atoms with Crippen LogP contribution >= 0.6 is 0 Å². The van der Waals surface area contributed by atoms with Crippen molar-refractivity contribution in [2.75, 3.05) is 39.3 Å². The van der Waals surface area contributed by atoms with Crippen LogP contribution in [0, 0.1) is 5.41 Å². The van der Waals surface area contributed by atoms with Gasteiger partial charge in [0.15, 0.2) is 0 Å². The quantitative estimate of drug-likeness (QED) is 0.839. The van der Waals surface area contributed by atoms with Crippen molar-refractivity contribution in [3.63, 3.8) is 0 Å². The van der Waals surface area contributed by atoms with Crippen molar-refractivity contribution in [2.45, 2.75) is 45.4 Å². The number of carbonyl (C=O) groups is 1. The van der Waals surface area contributed by atoms with Gasteiger partial charge < -0.3 is 10.6 Å². The molecule has 4 heteroatoms. The van der Waals surface area contributed by atoms with Gasteiger partial charge in [-0.3, -0.25) is 9.69 Å². The van der Waals surface area contributed by atoms with Crippen LogP contribution in [0.4, 0.5) is 0 Å². The van der Waals surface area contributed by atoms with E-state index in [0.717, 1.165) is 58.5 Å². The molecule has 0 radical (unpaired) electrons. The van der Waals surface area contributed by atoms with E-state index in [2.05, 4.69) is 16.7 Å². The van der Waals surface area contributed by atoms with E-state index in [1.54, 1.807) is 0 Å². The Morgan fingerprint density at radius 3 is 2.32 bits per heavy atom. The highest BCUT2D eigenvalue weighted by Gasteiger charge is 2.38. The zero-order valence-corrected chi connectivity index (χ0v) is 12.4. The molecule has 0 atom stereocenters. The molecule has 2 fully saturated rings. The summed E-state index contributed by atoms with van der Waals surface area (Å²) in [5.74, 6) is 0.408. The molecule has 0 aromatic rings. The van der Waals surface area contributed by atoms with E-state index in [1.165, 1.54) is 19.3 Å². The van der Waals surface area contributed by atoms with E-state index in [-0.39, 0.29) is 5.41 Å². The molecule has 1 heterocycles. The Bertz CT molecular complexity index is 292. The van der Waals surface area contributed by atoms with Gasteiger partial charge in [-0.1, -0.05) is 26.2 Å². The van der Waals surface area contributed by atoms with E-state index >= 15 is 0 Å². The summed E-state index contributed by atoms with van der Waals surface area (Å²) in [6, 6.07) is 0. The maximum Gasteiger partial charge on any atom is 0.228 e. The predicted octanol–water partition coefficient (Wildman–Crippen LogP) is 1.45. The molecule has 0 unspecified atom stereocenters. The Balaban J connectivity index is 1.81. The van der Waals surface area contributed by atoms with Gasteiger partial charge in [0, 0.05) is 31.6 Å². The van der Waals surface area contributed by atoms with Crippen molar-refractivity contribution in [2.24, 2.45) is 11.1 Å². The monoisotopic (exact) mass is 267 g/mol. The van der Waals surface area contributed by atoms with Crippen LogP contribution < -0.4 is 5.73 Å². The lowest BCUT2D eigenvalue weighted by Gasteiger charge is -2.41. The average Bonchev–Trinajstić information content (AvgIpc) is 2.46. The first-order valence-corrected chi connectivity index (χ1v) is 7.87. The number of hydrogen-bond acceptors (Lipinski definition) is 3. The summed E-state index contributed by atoms with van der Waals surface area (Å²) in [4.78, 5) is 17.2. The molecule has 0 aromatic heterocycles. The zero-order valence-electron chi connectivity index (χ0n) is 12.4. The minimum Gasteiger partial charge on any atom is -0.340 e. The number of nitrogens with zero attached hydrogens (tertiary/aromatic N) is 2. The molecule has 2 N–H and O–H groups in total. The van der Waals surface area contributed by atoms with E-state index in [4.69, 9.17) is 5.73 Å². The number of rotatable bonds is 4. The van der Waals surface area contributed by atoms with Crippen LogP contribution in [-0.4, -0.2) is 55.0 Å². The van der Waals surface area contributed by atoms with Gasteiger partial charge in [0.05, 0.1) is 0 Å². The second kappa shape index (κ2) is 6.71. The van der Waals surface area contributed by atoms with Crippen molar-refractivity contribution in [1.29, 1.82) is 0 Å². The normalized spacial score (nSPS) is 24.4. The Kier molecular flexibility index (Phi) is 5.22. The second-order valence-corrected chi connectivity index (χ2v) is 6.40. The highest BCUT2D eigenvalue weighted by atomic mass is 16.2. The van der Waals surface area contributed by atoms with Gasteiger partial charge in [-0.25, -0.2) is 0 Å².